The number of carbonyl (C=O) groups is 2. The van der Waals surface area contributed by atoms with Gasteiger partial charge in [0.1, 0.15) is 0 Å². The predicted octanol–water partition coefficient (Wildman–Crippen LogP) is 3.47. The summed E-state index contributed by atoms with van der Waals surface area (Å²) in [5.74, 6) is -0.166. The van der Waals surface area contributed by atoms with Crippen LogP contribution in [0.2, 0.25) is 10.0 Å². The third-order valence-electron chi connectivity index (χ3n) is 1.99. The van der Waals surface area contributed by atoms with Gasteiger partial charge in [-0.15, -0.1) is 11.8 Å². The number of hydrogen-bond acceptors (Lipinski definition) is 4. The lowest BCUT2D eigenvalue weighted by molar-refractivity contribution is -0.139. The Kier molecular flexibility index (Phi) is 6.54. The third-order valence-corrected chi connectivity index (χ3v) is 3.46. The SMILES string of the molecule is CCOC(=O)CSCC(=O)c1cc(Cl)ccc1Cl. The lowest BCUT2D eigenvalue weighted by Gasteiger charge is -2.04. The standard InChI is InChI=1S/C12H12Cl2O3S/c1-2-17-12(16)7-18-6-11(15)9-5-8(13)3-4-10(9)14/h3-5H,2,6-7H2,1H3. The highest BCUT2D eigenvalue weighted by Gasteiger charge is 2.12. The van der Waals surface area contributed by atoms with Crippen molar-refractivity contribution >= 4 is 46.7 Å². The number of ketones is 1. The zero-order valence-electron chi connectivity index (χ0n) is 9.74. The summed E-state index contributed by atoms with van der Waals surface area (Å²) in [6.07, 6.45) is 0. The summed E-state index contributed by atoms with van der Waals surface area (Å²) in [6.45, 7) is 2.08. The van der Waals surface area contributed by atoms with Crippen LogP contribution in [0.4, 0.5) is 0 Å². The maximum atomic E-state index is 11.8. The number of thioether (sulfide) groups is 1. The molecule has 0 heterocycles. The van der Waals surface area contributed by atoms with Gasteiger partial charge in [0.25, 0.3) is 0 Å². The van der Waals surface area contributed by atoms with Crippen LogP contribution in [0, 0.1) is 0 Å². The second-order valence-corrected chi connectivity index (χ2v) is 5.17. The van der Waals surface area contributed by atoms with E-state index in [0.29, 0.717) is 22.2 Å². The van der Waals surface area contributed by atoms with Crippen LogP contribution in [0.1, 0.15) is 17.3 Å². The number of esters is 1. The number of Topliss-reactive ketones (excluding diaryl/α,β-unsaturated/α-hetero) is 1. The van der Waals surface area contributed by atoms with Crippen LogP contribution in [0.25, 0.3) is 0 Å². The maximum Gasteiger partial charge on any atom is 0.315 e. The molecule has 0 N–H and O–H groups in total. The molecule has 6 heteroatoms. The topological polar surface area (TPSA) is 43.4 Å². The van der Waals surface area contributed by atoms with E-state index < -0.39 is 0 Å². The van der Waals surface area contributed by atoms with Crippen molar-refractivity contribution in [1.29, 1.82) is 0 Å². The second kappa shape index (κ2) is 7.67. The average molecular weight is 307 g/mol. The van der Waals surface area contributed by atoms with Gasteiger partial charge in [0.15, 0.2) is 5.78 Å². The fourth-order valence-electron chi connectivity index (χ4n) is 1.22. The van der Waals surface area contributed by atoms with Crippen molar-refractivity contribution in [3.63, 3.8) is 0 Å². The van der Waals surface area contributed by atoms with Crippen LogP contribution >= 0.6 is 35.0 Å². The molecule has 0 fully saturated rings. The lowest BCUT2D eigenvalue weighted by atomic mass is 10.1. The summed E-state index contributed by atoms with van der Waals surface area (Å²) >= 11 is 12.9. The Morgan fingerprint density at radius 2 is 2.00 bits per heavy atom. The monoisotopic (exact) mass is 306 g/mol. The molecular weight excluding hydrogens is 295 g/mol. The molecule has 0 spiro atoms. The molecule has 1 aromatic carbocycles. The van der Waals surface area contributed by atoms with E-state index in [1.165, 1.54) is 17.8 Å². The van der Waals surface area contributed by atoms with E-state index in [-0.39, 0.29) is 23.3 Å². The molecule has 0 unspecified atom stereocenters. The maximum absolute atomic E-state index is 11.8. The molecule has 18 heavy (non-hydrogen) atoms. The minimum atomic E-state index is -0.326. The van der Waals surface area contributed by atoms with Gasteiger partial charge in [-0.05, 0) is 25.1 Å². The van der Waals surface area contributed by atoms with Gasteiger partial charge in [-0.1, -0.05) is 23.2 Å². The van der Waals surface area contributed by atoms with Gasteiger partial charge in [-0.2, -0.15) is 0 Å². The molecule has 0 atom stereocenters. The first-order valence-electron chi connectivity index (χ1n) is 5.26. The summed E-state index contributed by atoms with van der Waals surface area (Å²) in [4.78, 5) is 22.9. The van der Waals surface area contributed by atoms with E-state index in [9.17, 15) is 9.59 Å². The molecule has 0 saturated heterocycles. The van der Waals surface area contributed by atoms with Crippen LogP contribution < -0.4 is 0 Å². The van der Waals surface area contributed by atoms with Crippen LogP contribution in [-0.2, 0) is 9.53 Å². The molecular formula is C12H12Cl2O3S. The predicted molar refractivity (Wildman–Crippen MR) is 74.8 cm³/mol. The summed E-state index contributed by atoms with van der Waals surface area (Å²) < 4.78 is 4.75. The molecule has 0 radical (unpaired) electrons. The average Bonchev–Trinajstić information content (AvgIpc) is 2.32. The molecule has 0 aliphatic heterocycles. The first-order valence-corrected chi connectivity index (χ1v) is 7.17. The molecule has 98 valence electrons. The molecule has 0 amide bonds. The summed E-state index contributed by atoms with van der Waals surface area (Å²) in [6, 6.07) is 4.72. The van der Waals surface area contributed by atoms with E-state index >= 15 is 0 Å². The highest BCUT2D eigenvalue weighted by molar-refractivity contribution is 8.00. The molecule has 0 aromatic heterocycles. The number of benzene rings is 1. The molecule has 0 aliphatic rings. The summed E-state index contributed by atoms with van der Waals surface area (Å²) in [7, 11) is 0. The van der Waals surface area contributed by atoms with E-state index in [1.54, 1.807) is 19.1 Å². The fourth-order valence-corrected chi connectivity index (χ4v) is 2.31. The highest BCUT2D eigenvalue weighted by Crippen LogP contribution is 2.22. The smallest absolute Gasteiger partial charge is 0.315 e. The Hall–Kier alpha value is -0.710. The van der Waals surface area contributed by atoms with Crippen molar-refractivity contribution in [3.05, 3.63) is 33.8 Å². The fraction of sp³-hybridized carbons (Fsp3) is 0.333. The van der Waals surface area contributed by atoms with Gasteiger partial charge >= 0.3 is 5.97 Å². The van der Waals surface area contributed by atoms with Crippen molar-refractivity contribution in [2.75, 3.05) is 18.1 Å². The molecule has 0 saturated carbocycles. The minimum absolute atomic E-state index is 0.151. The van der Waals surface area contributed by atoms with E-state index in [4.69, 9.17) is 27.9 Å². The first kappa shape index (κ1) is 15.3. The number of hydrogen-bond donors (Lipinski definition) is 0. The van der Waals surface area contributed by atoms with Crippen LogP contribution in [0.3, 0.4) is 0 Å². The van der Waals surface area contributed by atoms with Crippen molar-refractivity contribution in [2.24, 2.45) is 0 Å². The van der Waals surface area contributed by atoms with Crippen molar-refractivity contribution < 1.29 is 14.3 Å². The molecule has 0 aliphatic carbocycles. The summed E-state index contributed by atoms with van der Waals surface area (Å²) in [5.41, 5.74) is 0.375. The third kappa shape index (κ3) is 4.88. The summed E-state index contributed by atoms with van der Waals surface area (Å²) in [5, 5.41) is 0.819. The Morgan fingerprint density at radius 1 is 1.28 bits per heavy atom. The molecule has 1 rings (SSSR count). The van der Waals surface area contributed by atoms with Crippen molar-refractivity contribution in [1.82, 2.24) is 0 Å². The largest absolute Gasteiger partial charge is 0.465 e. The zero-order valence-corrected chi connectivity index (χ0v) is 12.1. The quantitative estimate of drug-likeness (QED) is 0.596. The lowest BCUT2D eigenvalue weighted by Crippen LogP contribution is -2.10. The van der Waals surface area contributed by atoms with E-state index in [2.05, 4.69) is 0 Å². The second-order valence-electron chi connectivity index (χ2n) is 3.35. The first-order chi connectivity index (χ1) is 8.54. The minimum Gasteiger partial charge on any atom is -0.465 e. The van der Waals surface area contributed by atoms with Gasteiger partial charge in [0.2, 0.25) is 0 Å². The number of rotatable bonds is 6. The Labute approximate surface area is 120 Å². The normalized spacial score (nSPS) is 10.2. The van der Waals surface area contributed by atoms with Gasteiger partial charge in [0, 0.05) is 10.6 Å². The van der Waals surface area contributed by atoms with Gasteiger partial charge in [0.05, 0.1) is 23.1 Å². The molecule has 0 bridgehead atoms. The highest BCUT2D eigenvalue weighted by atomic mass is 35.5. The number of halogens is 2. The van der Waals surface area contributed by atoms with Gasteiger partial charge < -0.3 is 4.74 Å². The molecule has 3 nitrogen and oxygen atoms in total. The Balaban J connectivity index is 2.50. The Morgan fingerprint density at radius 3 is 2.67 bits per heavy atom. The van der Waals surface area contributed by atoms with Crippen LogP contribution in [-0.4, -0.2) is 29.9 Å². The number of ether oxygens (including phenoxy) is 1. The van der Waals surface area contributed by atoms with Crippen molar-refractivity contribution in [2.45, 2.75) is 6.92 Å². The Bertz CT molecular complexity index is 449. The van der Waals surface area contributed by atoms with E-state index in [1.807, 2.05) is 0 Å². The van der Waals surface area contributed by atoms with E-state index in [0.717, 1.165) is 0 Å². The molecule has 1 aromatic rings. The van der Waals surface area contributed by atoms with Gasteiger partial charge in [-0.25, -0.2) is 0 Å². The number of carbonyl (C=O) groups excluding carboxylic acids is 2. The van der Waals surface area contributed by atoms with Gasteiger partial charge in [-0.3, -0.25) is 9.59 Å². The van der Waals surface area contributed by atoms with Crippen LogP contribution in [0.15, 0.2) is 18.2 Å². The zero-order chi connectivity index (χ0) is 13.5. The van der Waals surface area contributed by atoms with Crippen LogP contribution in [0.5, 0.6) is 0 Å². The van der Waals surface area contributed by atoms with Crippen molar-refractivity contribution in [3.8, 4) is 0 Å².